The Kier molecular flexibility index (Phi) is 5.27. The molecule has 0 spiro atoms. The zero-order valence-electron chi connectivity index (χ0n) is 12.5. The third-order valence-electron chi connectivity index (χ3n) is 3.21. The van der Waals surface area contributed by atoms with Gasteiger partial charge in [0.25, 0.3) is 5.91 Å². The molecule has 1 amide bonds. The Morgan fingerprint density at radius 1 is 1.10 bits per heavy atom. The molecule has 1 N–H and O–H groups in total. The summed E-state index contributed by atoms with van der Waals surface area (Å²) in [5.74, 6) is -0.200. The first kappa shape index (κ1) is 15.0. The van der Waals surface area contributed by atoms with Gasteiger partial charge in [-0.15, -0.1) is 0 Å². The number of carbonyl (C=O) groups excluding carboxylic acids is 1. The molecule has 0 unspecified atom stereocenters. The summed E-state index contributed by atoms with van der Waals surface area (Å²) < 4.78 is 0. The van der Waals surface area contributed by atoms with E-state index >= 15 is 0 Å². The first-order valence-electron chi connectivity index (χ1n) is 7.18. The molecule has 2 aromatic carbocycles. The van der Waals surface area contributed by atoms with Crippen LogP contribution in [-0.2, 0) is 6.42 Å². The lowest BCUT2D eigenvalue weighted by Gasteiger charge is -2.01. The fourth-order valence-electron chi connectivity index (χ4n) is 1.99. The quantitative estimate of drug-likeness (QED) is 0.658. The molecule has 0 bridgehead atoms. The molecule has 0 saturated heterocycles. The van der Waals surface area contributed by atoms with Gasteiger partial charge in [0.2, 0.25) is 0 Å². The molecule has 0 aliphatic carbocycles. The maximum atomic E-state index is 11.9. The van der Waals surface area contributed by atoms with Gasteiger partial charge in [0, 0.05) is 5.56 Å². The van der Waals surface area contributed by atoms with Crippen molar-refractivity contribution in [1.29, 1.82) is 0 Å². The number of hydrogen-bond donors (Lipinski definition) is 1. The number of carbonyl (C=O) groups is 1. The van der Waals surface area contributed by atoms with Crippen LogP contribution < -0.4 is 5.43 Å². The highest BCUT2D eigenvalue weighted by Crippen LogP contribution is 2.05. The summed E-state index contributed by atoms with van der Waals surface area (Å²) in [6.45, 7) is 4.15. The maximum absolute atomic E-state index is 11.9. The second kappa shape index (κ2) is 7.39. The monoisotopic (exact) mass is 280 g/mol. The number of nitrogens with one attached hydrogen (secondary N) is 1. The lowest BCUT2D eigenvalue weighted by molar-refractivity contribution is 0.0955. The molecule has 0 fully saturated rings. The van der Waals surface area contributed by atoms with Gasteiger partial charge in [-0.25, -0.2) is 5.43 Å². The first-order chi connectivity index (χ1) is 10.2. The van der Waals surface area contributed by atoms with Crippen LogP contribution in [0.2, 0.25) is 0 Å². The highest BCUT2D eigenvalue weighted by atomic mass is 16.2. The lowest BCUT2D eigenvalue weighted by Crippen LogP contribution is -2.17. The van der Waals surface area contributed by atoms with E-state index in [1.54, 1.807) is 18.3 Å². The number of aryl methyl sites for hydroxylation is 2. The maximum Gasteiger partial charge on any atom is 0.271 e. The Morgan fingerprint density at radius 3 is 2.38 bits per heavy atom. The van der Waals surface area contributed by atoms with Gasteiger partial charge in [-0.05, 0) is 36.6 Å². The molecule has 2 aromatic rings. The smallest absolute Gasteiger partial charge is 0.267 e. The number of benzene rings is 2. The predicted octanol–water partition coefficient (Wildman–Crippen LogP) is 3.71. The van der Waals surface area contributed by atoms with Gasteiger partial charge >= 0.3 is 0 Å². The Morgan fingerprint density at radius 2 is 1.76 bits per heavy atom. The van der Waals surface area contributed by atoms with E-state index in [1.807, 2.05) is 31.2 Å². The molecule has 0 aliphatic rings. The minimum absolute atomic E-state index is 0.200. The van der Waals surface area contributed by atoms with Gasteiger partial charge in [-0.3, -0.25) is 4.79 Å². The van der Waals surface area contributed by atoms with Crippen molar-refractivity contribution in [1.82, 2.24) is 5.43 Å². The van der Waals surface area contributed by atoms with Crippen molar-refractivity contribution < 1.29 is 4.79 Å². The molecule has 0 aromatic heterocycles. The zero-order chi connectivity index (χ0) is 15.1. The van der Waals surface area contributed by atoms with E-state index in [9.17, 15) is 4.79 Å². The van der Waals surface area contributed by atoms with E-state index in [1.165, 1.54) is 5.56 Å². The minimum atomic E-state index is -0.200. The van der Waals surface area contributed by atoms with Crippen LogP contribution in [0.4, 0.5) is 0 Å². The van der Waals surface area contributed by atoms with Crippen molar-refractivity contribution in [2.24, 2.45) is 5.10 Å². The van der Waals surface area contributed by atoms with Crippen molar-refractivity contribution in [2.75, 3.05) is 0 Å². The summed E-state index contributed by atoms with van der Waals surface area (Å²) in [7, 11) is 0. The van der Waals surface area contributed by atoms with Crippen LogP contribution in [0.25, 0.3) is 0 Å². The molecular weight excluding hydrogens is 260 g/mol. The van der Waals surface area contributed by atoms with Crippen LogP contribution in [0.15, 0.2) is 53.6 Å². The average molecular weight is 280 g/mol. The van der Waals surface area contributed by atoms with Gasteiger partial charge in [0.15, 0.2) is 0 Å². The van der Waals surface area contributed by atoms with E-state index in [2.05, 4.69) is 29.6 Å². The largest absolute Gasteiger partial charge is 0.271 e. The van der Waals surface area contributed by atoms with E-state index in [0.717, 1.165) is 24.0 Å². The Hall–Kier alpha value is -2.42. The summed E-state index contributed by atoms with van der Waals surface area (Å²) >= 11 is 0. The molecule has 2 rings (SSSR count). The lowest BCUT2D eigenvalue weighted by atomic mass is 10.1. The Bertz CT molecular complexity index is 613. The predicted molar refractivity (Wildman–Crippen MR) is 86.7 cm³/mol. The number of hydrazone groups is 1. The van der Waals surface area contributed by atoms with Gasteiger partial charge in [0.05, 0.1) is 6.21 Å². The summed E-state index contributed by atoms with van der Waals surface area (Å²) in [4.78, 5) is 11.9. The van der Waals surface area contributed by atoms with Crippen molar-refractivity contribution in [3.05, 3.63) is 70.8 Å². The van der Waals surface area contributed by atoms with Gasteiger partial charge in [-0.1, -0.05) is 55.3 Å². The molecule has 0 saturated carbocycles. The van der Waals surface area contributed by atoms with Crippen LogP contribution in [0.1, 0.15) is 40.4 Å². The molecular formula is C18H20N2O. The fourth-order valence-corrected chi connectivity index (χ4v) is 1.99. The number of hydrogen-bond acceptors (Lipinski definition) is 2. The standard InChI is InChI=1S/C18H20N2O/c1-3-4-15-7-9-16(10-8-15)13-19-20-18(21)17-11-5-14(2)6-12-17/h5-13H,3-4H2,1-2H3,(H,20,21). The molecule has 21 heavy (non-hydrogen) atoms. The Balaban J connectivity index is 1.92. The normalized spacial score (nSPS) is 10.8. The minimum Gasteiger partial charge on any atom is -0.267 e. The number of nitrogens with zero attached hydrogens (tertiary/aromatic N) is 1. The average Bonchev–Trinajstić information content (AvgIpc) is 2.50. The fraction of sp³-hybridized carbons (Fsp3) is 0.222. The molecule has 108 valence electrons. The number of amides is 1. The van der Waals surface area contributed by atoms with Crippen LogP contribution in [0.3, 0.4) is 0 Å². The summed E-state index contributed by atoms with van der Waals surface area (Å²) in [6.07, 6.45) is 3.88. The van der Waals surface area contributed by atoms with Crippen LogP contribution in [0, 0.1) is 6.92 Å². The second-order valence-corrected chi connectivity index (χ2v) is 5.06. The van der Waals surface area contributed by atoms with E-state index in [-0.39, 0.29) is 5.91 Å². The van der Waals surface area contributed by atoms with Crippen LogP contribution in [-0.4, -0.2) is 12.1 Å². The molecule has 3 heteroatoms. The second-order valence-electron chi connectivity index (χ2n) is 5.06. The van der Waals surface area contributed by atoms with Crippen molar-refractivity contribution in [3.8, 4) is 0 Å². The molecule has 0 aliphatic heterocycles. The van der Waals surface area contributed by atoms with E-state index < -0.39 is 0 Å². The van der Waals surface area contributed by atoms with Crippen LogP contribution in [0.5, 0.6) is 0 Å². The van der Waals surface area contributed by atoms with E-state index in [0.29, 0.717) is 5.56 Å². The van der Waals surface area contributed by atoms with Crippen LogP contribution >= 0.6 is 0 Å². The van der Waals surface area contributed by atoms with Crippen molar-refractivity contribution in [2.45, 2.75) is 26.7 Å². The van der Waals surface area contributed by atoms with E-state index in [4.69, 9.17) is 0 Å². The zero-order valence-corrected chi connectivity index (χ0v) is 12.5. The third kappa shape index (κ3) is 4.56. The first-order valence-corrected chi connectivity index (χ1v) is 7.18. The third-order valence-corrected chi connectivity index (χ3v) is 3.21. The van der Waals surface area contributed by atoms with Gasteiger partial charge < -0.3 is 0 Å². The molecule has 3 nitrogen and oxygen atoms in total. The molecule has 0 heterocycles. The highest BCUT2D eigenvalue weighted by Gasteiger charge is 2.02. The summed E-state index contributed by atoms with van der Waals surface area (Å²) in [6, 6.07) is 15.6. The summed E-state index contributed by atoms with van der Waals surface area (Å²) in [5.41, 5.74) is 6.56. The topological polar surface area (TPSA) is 41.5 Å². The highest BCUT2D eigenvalue weighted by molar-refractivity contribution is 5.94. The van der Waals surface area contributed by atoms with Crippen molar-refractivity contribution in [3.63, 3.8) is 0 Å². The van der Waals surface area contributed by atoms with Gasteiger partial charge in [0.1, 0.15) is 0 Å². The Labute approximate surface area is 125 Å². The van der Waals surface area contributed by atoms with Gasteiger partial charge in [-0.2, -0.15) is 5.10 Å². The number of rotatable bonds is 5. The van der Waals surface area contributed by atoms with Crippen molar-refractivity contribution >= 4 is 12.1 Å². The SMILES string of the molecule is CCCc1ccc(C=NNC(=O)c2ccc(C)cc2)cc1. The molecule has 0 radical (unpaired) electrons. The molecule has 0 atom stereocenters. The summed E-state index contributed by atoms with van der Waals surface area (Å²) in [5, 5.41) is 3.99.